The van der Waals surface area contributed by atoms with E-state index in [0.717, 1.165) is 11.4 Å². The van der Waals surface area contributed by atoms with Gasteiger partial charge in [0.25, 0.3) is 0 Å². The van der Waals surface area contributed by atoms with Crippen LogP contribution in [0.2, 0.25) is 0 Å². The topological polar surface area (TPSA) is 3.24 Å². The Morgan fingerprint density at radius 2 is 0.778 bits per heavy atom. The van der Waals surface area contributed by atoms with Crippen LogP contribution in [0.3, 0.4) is 0 Å². The third kappa shape index (κ3) is 5.98. The molecule has 1 spiro atoms. The van der Waals surface area contributed by atoms with Gasteiger partial charge in [-0.05, 0) is 138 Å². The maximum absolute atomic E-state index is 2.54. The first-order valence-electron chi connectivity index (χ1n) is 22.7. The van der Waals surface area contributed by atoms with Crippen molar-refractivity contribution in [2.75, 3.05) is 4.90 Å². The van der Waals surface area contributed by atoms with E-state index in [-0.39, 0.29) is 10.8 Å². The van der Waals surface area contributed by atoms with Crippen molar-refractivity contribution < 1.29 is 0 Å². The standard InChI is InChI=1S/C62H49N/c1-61(2)57-24-11-9-21-53(57)55-23-15-22-51(60(55)61)46-30-32-47(33-31-46)63(49-35-37-54-52-20-10-12-25-58(52)62(59(54)41-49)38-13-14-39-62)48-34-36-50(56(40-48)44-18-7-4-8-19-44)45-28-26-43(27-29-45)42-16-5-3-6-17-42/h3-12,15-37,40-41H,13-14,38-39H2,1-2H3. The first-order chi connectivity index (χ1) is 31.0. The largest absolute Gasteiger partial charge is 0.310 e. The molecule has 0 saturated heterocycles. The third-order valence-electron chi connectivity index (χ3n) is 14.6. The second kappa shape index (κ2) is 14.7. The van der Waals surface area contributed by atoms with Gasteiger partial charge in [0.1, 0.15) is 0 Å². The van der Waals surface area contributed by atoms with Gasteiger partial charge in [-0.15, -0.1) is 0 Å². The molecular weight excluding hydrogens is 759 g/mol. The minimum absolute atomic E-state index is 0.0699. The van der Waals surface area contributed by atoms with Crippen LogP contribution in [-0.2, 0) is 10.8 Å². The third-order valence-corrected chi connectivity index (χ3v) is 14.6. The summed E-state index contributed by atoms with van der Waals surface area (Å²) in [6.07, 6.45) is 4.93. The van der Waals surface area contributed by atoms with Gasteiger partial charge in [-0.25, -0.2) is 0 Å². The van der Waals surface area contributed by atoms with Crippen LogP contribution < -0.4 is 4.90 Å². The molecule has 0 atom stereocenters. The SMILES string of the molecule is CC1(C)c2ccccc2-c2cccc(-c3ccc(N(c4ccc(-c5ccc(-c6ccccc6)cc5)c(-c5ccccc5)c4)c4ccc5c(c4)C4(CCCC4)c4ccccc4-5)cc3)c21. The zero-order valence-electron chi connectivity index (χ0n) is 36.0. The van der Waals surface area contributed by atoms with Crippen molar-refractivity contribution in [3.8, 4) is 66.8 Å². The van der Waals surface area contributed by atoms with E-state index in [1.807, 2.05) is 0 Å². The van der Waals surface area contributed by atoms with Gasteiger partial charge in [-0.3, -0.25) is 0 Å². The van der Waals surface area contributed by atoms with Crippen LogP contribution in [-0.4, -0.2) is 0 Å². The van der Waals surface area contributed by atoms with Crippen molar-refractivity contribution in [2.45, 2.75) is 50.4 Å². The molecule has 1 heteroatoms. The Labute approximate surface area is 372 Å². The number of hydrogen-bond donors (Lipinski definition) is 0. The summed E-state index contributed by atoms with van der Waals surface area (Å²) in [5.41, 5.74) is 24.6. The van der Waals surface area contributed by atoms with Gasteiger partial charge in [0, 0.05) is 27.9 Å². The van der Waals surface area contributed by atoms with E-state index in [4.69, 9.17) is 0 Å². The van der Waals surface area contributed by atoms with Crippen LogP contribution in [0.25, 0.3) is 66.8 Å². The Morgan fingerprint density at radius 1 is 0.317 bits per heavy atom. The van der Waals surface area contributed by atoms with E-state index < -0.39 is 0 Å². The van der Waals surface area contributed by atoms with Gasteiger partial charge in [-0.1, -0.05) is 203 Å². The lowest BCUT2D eigenvalue weighted by molar-refractivity contribution is 0.550. The lowest BCUT2D eigenvalue weighted by atomic mass is 9.76. The first kappa shape index (κ1) is 37.5. The average molecular weight is 808 g/mol. The second-order valence-electron chi connectivity index (χ2n) is 18.4. The molecule has 0 aliphatic heterocycles. The van der Waals surface area contributed by atoms with Crippen molar-refractivity contribution >= 4 is 17.1 Å². The molecule has 9 aromatic carbocycles. The normalized spacial score (nSPS) is 14.8. The zero-order chi connectivity index (χ0) is 42.1. The monoisotopic (exact) mass is 807 g/mol. The summed E-state index contributed by atoms with van der Waals surface area (Å²) in [4.78, 5) is 2.50. The summed E-state index contributed by atoms with van der Waals surface area (Å²) in [6.45, 7) is 4.76. The number of rotatable bonds is 7. The summed E-state index contributed by atoms with van der Waals surface area (Å²) < 4.78 is 0. The Hall–Kier alpha value is -7.22. The molecule has 0 aromatic heterocycles. The number of hydrogen-bond acceptors (Lipinski definition) is 1. The van der Waals surface area contributed by atoms with E-state index in [0.29, 0.717) is 0 Å². The predicted molar refractivity (Wildman–Crippen MR) is 265 cm³/mol. The van der Waals surface area contributed by atoms with E-state index in [2.05, 4.69) is 231 Å². The molecular formula is C62H49N. The van der Waals surface area contributed by atoms with Crippen molar-refractivity contribution in [3.05, 3.63) is 235 Å². The lowest BCUT2D eigenvalue weighted by Crippen LogP contribution is -2.21. The number of benzene rings is 9. The fourth-order valence-electron chi connectivity index (χ4n) is 11.7. The van der Waals surface area contributed by atoms with Gasteiger partial charge in [0.15, 0.2) is 0 Å². The van der Waals surface area contributed by atoms with Crippen LogP contribution in [0.15, 0.2) is 212 Å². The molecule has 0 N–H and O–H groups in total. The molecule has 9 aromatic rings. The molecule has 63 heavy (non-hydrogen) atoms. The average Bonchev–Trinajstić information content (AvgIpc) is 4.02. The minimum atomic E-state index is -0.0944. The molecule has 1 nitrogen and oxygen atoms in total. The molecule has 3 aliphatic carbocycles. The predicted octanol–water partition coefficient (Wildman–Crippen LogP) is 17.0. The van der Waals surface area contributed by atoms with Gasteiger partial charge in [-0.2, -0.15) is 0 Å². The maximum atomic E-state index is 2.54. The molecule has 3 aliphatic rings. The van der Waals surface area contributed by atoms with E-state index in [9.17, 15) is 0 Å². The number of nitrogens with zero attached hydrogens (tertiary/aromatic N) is 1. The highest BCUT2D eigenvalue weighted by molar-refractivity contribution is 5.92. The van der Waals surface area contributed by atoms with E-state index in [1.54, 1.807) is 0 Å². The Balaban J connectivity index is 1.01. The van der Waals surface area contributed by atoms with Gasteiger partial charge >= 0.3 is 0 Å². The van der Waals surface area contributed by atoms with E-state index in [1.165, 1.54) is 120 Å². The summed E-state index contributed by atoms with van der Waals surface area (Å²) >= 11 is 0. The zero-order valence-corrected chi connectivity index (χ0v) is 36.0. The smallest absolute Gasteiger partial charge is 0.0468 e. The van der Waals surface area contributed by atoms with Crippen molar-refractivity contribution in [2.24, 2.45) is 0 Å². The van der Waals surface area contributed by atoms with Crippen LogP contribution in [0.1, 0.15) is 61.8 Å². The van der Waals surface area contributed by atoms with Crippen LogP contribution in [0.4, 0.5) is 17.1 Å². The quantitative estimate of drug-likeness (QED) is 0.155. The highest BCUT2D eigenvalue weighted by atomic mass is 15.1. The Morgan fingerprint density at radius 3 is 1.49 bits per heavy atom. The Bertz CT molecular complexity index is 3170. The van der Waals surface area contributed by atoms with Crippen molar-refractivity contribution in [1.29, 1.82) is 0 Å². The van der Waals surface area contributed by atoms with Gasteiger partial charge < -0.3 is 4.90 Å². The molecule has 0 heterocycles. The van der Waals surface area contributed by atoms with Crippen molar-refractivity contribution in [1.82, 2.24) is 0 Å². The molecule has 0 amide bonds. The molecule has 0 radical (unpaired) electrons. The molecule has 0 unspecified atom stereocenters. The summed E-state index contributed by atoms with van der Waals surface area (Å²) in [5.74, 6) is 0. The highest BCUT2D eigenvalue weighted by Crippen LogP contribution is 2.58. The maximum Gasteiger partial charge on any atom is 0.0468 e. The van der Waals surface area contributed by atoms with E-state index >= 15 is 0 Å². The molecule has 1 saturated carbocycles. The highest BCUT2D eigenvalue weighted by Gasteiger charge is 2.45. The summed E-state index contributed by atoms with van der Waals surface area (Å²) in [6, 6.07) is 79.4. The second-order valence-corrected chi connectivity index (χ2v) is 18.4. The number of fused-ring (bicyclic) bond motifs is 8. The lowest BCUT2D eigenvalue weighted by Gasteiger charge is -2.30. The fraction of sp³-hybridized carbons (Fsp3) is 0.129. The van der Waals surface area contributed by atoms with Gasteiger partial charge in [0.05, 0.1) is 0 Å². The summed E-state index contributed by atoms with van der Waals surface area (Å²) in [7, 11) is 0. The van der Waals surface area contributed by atoms with Crippen LogP contribution in [0.5, 0.6) is 0 Å². The summed E-state index contributed by atoms with van der Waals surface area (Å²) in [5, 5.41) is 0. The molecule has 12 rings (SSSR count). The van der Waals surface area contributed by atoms with Gasteiger partial charge in [0.2, 0.25) is 0 Å². The minimum Gasteiger partial charge on any atom is -0.310 e. The molecule has 1 fully saturated rings. The van der Waals surface area contributed by atoms with Crippen molar-refractivity contribution in [3.63, 3.8) is 0 Å². The molecule has 302 valence electrons. The fourth-order valence-corrected chi connectivity index (χ4v) is 11.7. The van der Waals surface area contributed by atoms with Crippen LogP contribution >= 0.6 is 0 Å². The molecule has 0 bridgehead atoms. The number of anilines is 3. The Kier molecular flexibility index (Phi) is 8.76. The first-order valence-corrected chi connectivity index (χ1v) is 22.7. The van der Waals surface area contributed by atoms with Crippen LogP contribution in [0, 0.1) is 0 Å².